The number of anilines is 1. The summed E-state index contributed by atoms with van der Waals surface area (Å²) in [6, 6.07) is 8.67. The topological polar surface area (TPSA) is 51.1 Å². The molecular formula is C17H22N4O. The fourth-order valence-electron chi connectivity index (χ4n) is 2.87. The maximum Gasteiger partial charge on any atom is 0.246 e. The molecule has 5 nitrogen and oxygen atoms in total. The molecule has 0 spiro atoms. The second-order valence-corrected chi connectivity index (χ2v) is 5.64. The predicted octanol–water partition coefficient (Wildman–Crippen LogP) is 3.23. The van der Waals surface area contributed by atoms with E-state index in [1.165, 1.54) is 5.56 Å². The standard InChI is InChI=1S/C17H22N4O/c1-4-22-15-9-7-14(8-10-15)16-6-5-11-21(16)17-18-12(2)13(3)19-20-17/h7-10,16H,4-6,11H2,1-3H3. The zero-order valence-corrected chi connectivity index (χ0v) is 13.4. The van der Waals surface area contributed by atoms with Crippen molar-refractivity contribution in [2.75, 3.05) is 18.1 Å². The summed E-state index contributed by atoms with van der Waals surface area (Å²) in [5.74, 6) is 1.65. The molecule has 116 valence electrons. The number of aryl methyl sites for hydroxylation is 2. The van der Waals surface area contributed by atoms with Crippen LogP contribution in [0.25, 0.3) is 0 Å². The molecular weight excluding hydrogens is 276 g/mol. The van der Waals surface area contributed by atoms with Gasteiger partial charge in [0, 0.05) is 6.54 Å². The molecule has 0 N–H and O–H groups in total. The highest BCUT2D eigenvalue weighted by Crippen LogP contribution is 2.34. The van der Waals surface area contributed by atoms with E-state index < -0.39 is 0 Å². The highest BCUT2D eigenvalue weighted by atomic mass is 16.5. The van der Waals surface area contributed by atoms with Crippen LogP contribution in [0.15, 0.2) is 24.3 Å². The number of hydrogen-bond acceptors (Lipinski definition) is 5. The quantitative estimate of drug-likeness (QED) is 0.867. The minimum Gasteiger partial charge on any atom is -0.494 e. The van der Waals surface area contributed by atoms with Crippen LogP contribution < -0.4 is 9.64 Å². The monoisotopic (exact) mass is 298 g/mol. The SMILES string of the molecule is CCOc1ccc(C2CCCN2c2nnc(C)c(C)n2)cc1. The van der Waals surface area contributed by atoms with Crippen LogP contribution in [0.5, 0.6) is 5.75 Å². The van der Waals surface area contributed by atoms with E-state index in [1.807, 2.05) is 32.9 Å². The van der Waals surface area contributed by atoms with Crippen LogP contribution >= 0.6 is 0 Å². The Morgan fingerprint density at radius 3 is 2.59 bits per heavy atom. The molecule has 1 atom stereocenters. The van der Waals surface area contributed by atoms with Gasteiger partial charge >= 0.3 is 0 Å². The summed E-state index contributed by atoms with van der Waals surface area (Å²) < 4.78 is 5.52. The third-order valence-corrected chi connectivity index (χ3v) is 4.17. The van der Waals surface area contributed by atoms with Crippen molar-refractivity contribution >= 4 is 5.95 Å². The second-order valence-electron chi connectivity index (χ2n) is 5.64. The second kappa shape index (κ2) is 6.30. The van der Waals surface area contributed by atoms with Crippen molar-refractivity contribution in [2.45, 2.75) is 39.7 Å². The third kappa shape index (κ3) is 2.89. The molecule has 1 saturated heterocycles. The number of aromatic nitrogens is 3. The average molecular weight is 298 g/mol. The molecule has 1 fully saturated rings. The first-order valence-corrected chi connectivity index (χ1v) is 7.86. The van der Waals surface area contributed by atoms with Crippen molar-refractivity contribution in [2.24, 2.45) is 0 Å². The van der Waals surface area contributed by atoms with E-state index in [1.54, 1.807) is 0 Å². The van der Waals surface area contributed by atoms with Gasteiger partial charge in [0.2, 0.25) is 5.95 Å². The molecule has 1 aliphatic rings. The summed E-state index contributed by atoms with van der Waals surface area (Å²) in [5.41, 5.74) is 3.12. The Bertz CT molecular complexity index is 642. The molecule has 1 unspecified atom stereocenters. The molecule has 22 heavy (non-hydrogen) atoms. The maximum absolute atomic E-state index is 5.52. The van der Waals surface area contributed by atoms with Gasteiger partial charge in [-0.2, -0.15) is 5.10 Å². The first-order chi connectivity index (χ1) is 10.7. The first-order valence-electron chi connectivity index (χ1n) is 7.86. The van der Waals surface area contributed by atoms with Crippen molar-refractivity contribution < 1.29 is 4.74 Å². The molecule has 1 aliphatic heterocycles. The average Bonchev–Trinajstić information content (AvgIpc) is 3.01. The lowest BCUT2D eigenvalue weighted by Crippen LogP contribution is -2.25. The van der Waals surface area contributed by atoms with Gasteiger partial charge in [-0.3, -0.25) is 0 Å². The van der Waals surface area contributed by atoms with Gasteiger partial charge in [0.05, 0.1) is 24.0 Å². The summed E-state index contributed by atoms with van der Waals surface area (Å²) in [6.07, 6.45) is 2.26. The fraction of sp³-hybridized carbons (Fsp3) is 0.471. The molecule has 1 aromatic heterocycles. The van der Waals surface area contributed by atoms with Gasteiger partial charge in [-0.25, -0.2) is 4.98 Å². The van der Waals surface area contributed by atoms with E-state index in [-0.39, 0.29) is 0 Å². The first kappa shape index (κ1) is 14.8. The molecule has 0 radical (unpaired) electrons. The van der Waals surface area contributed by atoms with Gasteiger partial charge < -0.3 is 9.64 Å². The van der Waals surface area contributed by atoms with Crippen molar-refractivity contribution in [1.29, 1.82) is 0 Å². The lowest BCUT2D eigenvalue weighted by atomic mass is 10.0. The lowest BCUT2D eigenvalue weighted by molar-refractivity contribution is 0.340. The van der Waals surface area contributed by atoms with Crippen LogP contribution in [0.1, 0.15) is 42.8 Å². The number of rotatable bonds is 4. The Morgan fingerprint density at radius 1 is 1.14 bits per heavy atom. The Labute approximate surface area is 131 Å². The molecule has 0 saturated carbocycles. The maximum atomic E-state index is 5.52. The largest absolute Gasteiger partial charge is 0.494 e. The summed E-state index contributed by atoms with van der Waals surface area (Å²) in [7, 11) is 0. The van der Waals surface area contributed by atoms with E-state index in [4.69, 9.17) is 4.74 Å². The van der Waals surface area contributed by atoms with Crippen LogP contribution in [0.4, 0.5) is 5.95 Å². The number of benzene rings is 1. The normalized spacial score (nSPS) is 17.8. The summed E-state index contributed by atoms with van der Waals surface area (Å²) in [5, 5.41) is 8.50. The van der Waals surface area contributed by atoms with Gasteiger partial charge in [-0.05, 0) is 51.3 Å². The molecule has 2 heterocycles. The smallest absolute Gasteiger partial charge is 0.246 e. The van der Waals surface area contributed by atoms with Gasteiger partial charge in [-0.1, -0.05) is 12.1 Å². The molecule has 5 heteroatoms. The van der Waals surface area contributed by atoms with Gasteiger partial charge in [0.15, 0.2) is 0 Å². The molecule has 1 aromatic carbocycles. The van der Waals surface area contributed by atoms with E-state index in [0.29, 0.717) is 12.6 Å². The molecule has 2 aromatic rings. The highest BCUT2D eigenvalue weighted by Gasteiger charge is 2.28. The number of hydrogen-bond donors (Lipinski definition) is 0. The summed E-state index contributed by atoms with van der Waals surface area (Å²) in [4.78, 5) is 6.86. The third-order valence-electron chi connectivity index (χ3n) is 4.17. The van der Waals surface area contributed by atoms with Crippen LogP contribution in [0, 0.1) is 13.8 Å². The van der Waals surface area contributed by atoms with Crippen LogP contribution in [0.2, 0.25) is 0 Å². The Kier molecular flexibility index (Phi) is 4.22. The van der Waals surface area contributed by atoms with Gasteiger partial charge in [0.1, 0.15) is 5.75 Å². The zero-order chi connectivity index (χ0) is 15.5. The number of ether oxygens (including phenoxy) is 1. The van der Waals surface area contributed by atoms with E-state index in [2.05, 4.69) is 32.2 Å². The van der Waals surface area contributed by atoms with Gasteiger partial charge in [-0.15, -0.1) is 5.10 Å². The van der Waals surface area contributed by atoms with Crippen molar-refractivity contribution in [1.82, 2.24) is 15.2 Å². The highest BCUT2D eigenvalue weighted by molar-refractivity contribution is 5.40. The van der Waals surface area contributed by atoms with Crippen LogP contribution in [0.3, 0.4) is 0 Å². The van der Waals surface area contributed by atoms with Gasteiger partial charge in [0.25, 0.3) is 0 Å². The molecule has 0 amide bonds. The molecule has 0 bridgehead atoms. The predicted molar refractivity (Wildman–Crippen MR) is 86.2 cm³/mol. The van der Waals surface area contributed by atoms with E-state index in [9.17, 15) is 0 Å². The summed E-state index contributed by atoms with van der Waals surface area (Å²) in [6.45, 7) is 7.58. The van der Waals surface area contributed by atoms with Crippen molar-refractivity contribution in [3.63, 3.8) is 0 Å². The van der Waals surface area contributed by atoms with Crippen LogP contribution in [-0.2, 0) is 0 Å². The molecule has 3 rings (SSSR count). The molecule has 0 aliphatic carbocycles. The Morgan fingerprint density at radius 2 is 1.91 bits per heavy atom. The van der Waals surface area contributed by atoms with Crippen molar-refractivity contribution in [3.8, 4) is 5.75 Å². The van der Waals surface area contributed by atoms with Crippen molar-refractivity contribution in [3.05, 3.63) is 41.2 Å². The Hall–Kier alpha value is -2.17. The minimum atomic E-state index is 0.319. The van der Waals surface area contributed by atoms with E-state index in [0.717, 1.165) is 42.5 Å². The Balaban J connectivity index is 1.84. The lowest BCUT2D eigenvalue weighted by Gasteiger charge is -2.25. The van der Waals surface area contributed by atoms with E-state index >= 15 is 0 Å². The van der Waals surface area contributed by atoms with Crippen LogP contribution in [-0.4, -0.2) is 28.3 Å². The minimum absolute atomic E-state index is 0.319. The number of nitrogens with zero attached hydrogens (tertiary/aromatic N) is 4. The summed E-state index contributed by atoms with van der Waals surface area (Å²) >= 11 is 0. The fourth-order valence-corrected chi connectivity index (χ4v) is 2.87. The zero-order valence-electron chi connectivity index (χ0n) is 13.4.